The molecular formula is C10H19F2NO6. The molecule has 1 saturated heterocycles. The molecule has 0 spiro atoms. The van der Waals surface area contributed by atoms with Gasteiger partial charge in [-0.05, 0) is 6.42 Å². The number of carbonyl (C=O) groups is 1. The zero-order valence-electron chi connectivity index (χ0n) is 10.2. The molecule has 1 heterocycles. The molecule has 0 aliphatic carbocycles. The molecule has 1 aliphatic heterocycles. The van der Waals surface area contributed by atoms with Crippen LogP contribution in [-0.2, 0) is 9.53 Å². The van der Waals surface area contributed by atoms with Gasteiger partial charge in [-0.15, -0.1) is 0 Å². The predicted molar refractivity (Wildman–Crippen MR) is 59.7 cm³/mol. The minimum absolute atomic E-state index is 0.238. The van der Waals surface area contributed by atoms with Crippen LogP contribution in [0, 0.1) is 0 Å². The summed E-state index contributed by atoms with van der Waals surface area (Å²) in [5.74, 6) is -1.39. The van der Waals surface area contributed by atoms with Crippen molar-refractivity contribution in [2.75, 3.05) is 13.2 Å². The van der Waals surface area contributed by atoms with Crippen LogP contribution in [-0.4, -0.2) is 70.4 Å². The summed E-state index contributed by atoms with van der Waals surface area (Å²) in [7, 11) is 0. The number of nitrogens with two attached hydrogens (primary N) is 1. The minimum atomic E-state index is -2.64. The Morgan fingerprint density at radius 1 is 1.42 bits per heavy atom. The number of rotatable bonds is 4. The van der Waals surface area contributed by atoms with Crippen LogP contribution in [0.25, 0.3) is 0 Å². The Balaban J connectivity index is 0.000000344. The van der Waals surface area contributed by atoms with Crippen LogP contribution >= 0.6 is 0 Å². The summed E-state index contributed by atoms with van der Waals surface area (Å²) < 4.78 is 27.6. The van der Waals surface area contributed by atoms with Crippen LogP contribution in [0.15, 0.2) is 0 Å². The van der Waals surface area contributed by atoms with Gasteiger partial charge in [0.1, 0.15) is 18.2 Å². The van der Waals surface area contributed by atoms with E-state index in [1.807, 2.05) is 0 Å². The first-order chi connectivity index (χ1) is 8.79. The number of hydrogen-bond donors (Lipinski definition) is 5. The highest BCUT2D eigenvalue weighted by Crippen LogP contribution is 2.13. The third kappa shape index (κ3) is 7.33. The van der Waals surface area contributed by atoms with E-state index < -0.39 is 43.2 Å². The standard InChI is InChI=1S/C6H12O4.C4H7F2NO2/c7-3-5-6(9)4(8)1-2-10-5;5-3(6)1-2(7)4(8)9/h4-9H,1-3H2;2-3H,1,7H2,(H,8,9). The van der Waals surface area contributed by atoms with Crippen molar-refractivity contribution in [1.82, 2.24) is 0 Å². The van der Waals surface area contributed by atoms with Crippen molar-refractivity contribution < 1.29 is 38.7 Å². The minimum Gasteiger partial charge on any atom is -0.480 e. The van der Waals surface area contributed by atoms with E-state index in [0.29, 0.717) is 13.0 Å². The van der Waals surface area contributed by atoms with E-state index in [1.165, 1.54) is 0 Å². The SMILES string of the molecule is NC(CC(F)F)C(=O)O.OCC1OCCC(O)C1O. The van der Waals surface area contributed by atoms with Crippen molar-refractivity contribution in [3.05, 3.63) is 0 Å². The zero-order valence-corrected chi connectivity index (χ0v) is 10.2. The molecule has 4 unspecified atom stereocenters. The number of carboxylic acids is 1. The lowest BCUT2D eigenvalue weighted by Crippen LogP contribution is -2.46. The molecular weight excluding hydrogens is 268 g/mol. The molecule has 1 fully saturated rings. The highest BCUT2D eigenvalue weighted by molar-refractivity contribution is 5.72. The Labute approximate surface area is 108 Å². The monoisotopic (exact) mass is 287 g/mol. The first-order valence-electron chi connectivity index (χ1n) is 5.64. The Kier molecular flexibility index (Phi) is 8.68. The second kappa shape index (κ2) is 9.10. The first-order valence-corrected chi connectivity index (χ1v) is 5.64. The number of ether oxygens (including phenoxy) is 1. The molecule has 19 heavy (non-hydrogen) atoms. The summed E-state index contributed by atoms with van der Waals surface area (Å²) >= 11 is 0. The van der Waals surface area contributed by atoms with Gasteiger partial charge in [-0.2, -0.15) is 0 Å². The van der Waals surface area contributed by atoms with E-state index in [9.17, 15) is 13.6 Å². The van der Waals surface area contributed by atoms with Gasteiger partial charge in [0, 0.05) is 13.0 Å². The van der Waals surface area contributed by atoms with Crippen LogP contribution in [0.5, 0.6) is 0 Å². The topological polar surface area (TPSA) is 133 Å². The highest BCUT2D eigenvalue weighted by Gasteiger charge is 2.30. The third-order valence-corrected chi connectivity index (χ3v) is 2.45. The molecule has 1 rings (SSSR count). The Bertz CT molecular complexity index is 268. The first kappa shape index (κ1) is 18.1. The number of carboxylic acid groups (broad SMARTS) is 1. The average Bonchev–Trinajstić information content (AvgIpc) is 2.32. The maximum absolute atomic E-state index is 11.3. The van der Waals surface area contributed by atoms with Gasteiger partial charge in [-0.1, -0.05) is 0 Å². The van der Waals surface area contributed by atoms with Gasteiger partial charge < -0.3 is 30.9 Å². The van der Waals surface area contributed by atoms with E-state index in [4.69, 9.17) is 30.9 Å². The van der Waals surface area contributed by atoms with Crippen LogP contribution in [0.4, 0.5) is 8.78 Å². The molecule has 114 valence electrons. The maximum Gasteiger partial charge on any atom is 0.320 e. The average molecular weight is 287 g/mol. The number of aliphatic hydroxyl groups is 3. The van der Waals surface area contributed by atoms with Gasteiger partial charge in [-0.25, -0.2) is 8.78 Å². The van der Waals surface area contributed by atoms with Gasteiger partial charge in [0.2, 0.25) is 6.43 Å². The fourth-order valence-electron chi connectivity index (χ4n) is 1.31. The fraction of sp³-hybridized carbons (Fsp3) is 0.900. The van der Waals surface area contributed by atoms with Crippen molar-refractivity contribution in [3.63, 3.8) is 0 Å². The summed E-state index contributed by atoms with van der Waals surface area (Å²) in [6, 6.07) is -1.44. The van der Waals surface area contributed by atoms with Gasteiger partial charge >= 0.3 is 5.97 Å². The summed E-state index contributed by atoms with van der Waals surface area (Å²) in [6.45, 7) is 0.168. The summed E-state index contributed by atoms with van der Waals surface area (Å²) in [5, 5.41) is 34.7. The van der Waals surface area contributed by atoms with Crippen LogP contribution < -0.4 is 5.73 Å². The summed E-state index contributed by atoms with van der Waals surface area (Å²) in [5.41, 5.74) is 4.74. The molecule has 0 amide bonds. The molecule has 0 bridgehead atoms. The number of aliphatic carboxylic acids is 1. The maximum atomic E-state index is 11.3. The van der Waals surface area contributed by atoms with Gasteiger partial charge in [0.25, 0.3) is 0 Å². The highest BCUT2D eigenvalue weighted by atomic mass is 19.3. The lowest BCUT2D eigenvalue weighted by atomic mass is 10.0. The zero-order chi connectivity index (χ0) is 15.0. The van der Waals surface area contributed by atoms with Gasteiger partial charge in [-0.3, -0.25) is 4.79 Å². The van der Waals surface area contributed by atoms with E-state index in [0.717, 1.165) is 0 Å². The Hall–Kier alpha value is -0.870. The molecule has 0 aromatic carbocycles. The molecule has 4 atom stereocenters. The van der Waals surface area contributed by atoms with Gasteiger partial charge in [0.05, 0.1) is 12.7 Å². The van der Waals surface area contributed by atoms with Crippen LogP contribution in [0.1, 0.15) is 12.8 Å². The number of halogens is 2. The summed E-state index contributed by atoms with van der Waals surface area (Å²) in [6.07, 6.45) is -5.27. The van der Waals surface area contributed by atoms with Crippen molar-refractivity contribution in [3.8, 4) is 0 Å². The molecule has 6 N–H and O–H groups in total. The molecule has 0 saturated carbocycles. The lowest BCUT2D eigenvalue weighted by molar-refractivity contribution is -0.147. The second-order valence-corrected chi connectivity index (χ2v) is 4.01. The third-order valence-electron chi connectivity index (χ3n) is 2.45. The lowest BCUT2D eigenvalue weighted by Gasteiger charge is -2.30. The molecule has 0 aromatic rings. The van der Waals surface area contributed by atoms with Crippen molar-refractivity contribution in [1.29, 1.82) is 0 Å². The fourth-order valence-corrected chi connectivity index (χ4v) is 1.31. The van der Waals surface area contributed by atoms with Crippen molar-refractivity contribution in [2.24, 2.45) is 5.73 Å². The molecule has 7 nitrogen and oxygen atoms in total. The number of hydrogen-bond acceptors (Lipinski definition) is 6. The summed E-state index contributed by atoms with van der Waals surface area (Å²) in [4.78, 5) is 9.78. The smallest absolute Gasteiger partial charge is 0.320 e. The molecule has 9 heteroatoms. The van der Waals surface area contributed by atoms with Gasteiger partial charge in [0.15, 0.2) is 0 Å². The molecule has 0 aromatic heterocycles. The Morgan fingerprint density at radius 3 is 2.32 bits per heavy atom. The molecule has 0 radical (unpaired) electrons. The van der Waals surface area contributed by atoms with Crippen molar-refractivity contribution in [2.45, 2.75) is 43.6 Å². The largest absolute Gasteiger partial charge is 0.480 e. The van der Waals surface area contributed by atoms with Crippen molar-refractivity contribution >= 4 is 5.97 Å². The van der Waals surface area contributed by atoms with Crippen LogP contribution in [0.2, 0.25) is 0 Å². The van der Waals surface area contributed by atoms with Crippen LogP contribution in [0.3, 0.4) is 0 Å². The van der Waals surface area contributed by atoms with E-state index in [2.05, 4.69) is 0 Å². The number of aliphatic hydroxyl groups excluding tert-OH is 3. The number of alkyl halides is 2. The van der Waals surface area contributed by atoms with E-state index >= 15 is 0 Å². The molecule has 1 aliphatic rings. The van der Waals surface area contributed by atoms with E-state index in [1.54, 1.807) is 0 Å². The Morgan fingerprint density at radius 2 is 2.00 bits per heavy atom. The van der Waals surface area contributed by atoms with E-state index in [-0.39, 0.29) is 6.61 Å². The second-order valence-electron chi connectivity index (χ2n) is 4.01. The quantitative estimate of drug-likeness (QED) is 0.427. The predicted octanol–water partition coefficient (Wildman–Crippen LogP) is -1.46. The normalized spacial score (nSPS) is 28.5.